The number of ether oxygens (including phenoxy) is 2. The Balaban J connectivity index is 2.27. The van der Waals surface area contributed by atoms with Gasteiger partial charge in [-0.25, -0.2) is 5.06 Å². The molecule has 0 unspecified atom stereocenters. The molecule has 1 aliphatic heterocycles. The molecule has 5 nitrogen and oxygen atoms in total. The highest BCUT2D eigenvalue weighted by Gasteiger charge is 2.24. The Labute approximate surface area is 93.5 Å². The van der Waals surface area contributed by atoms with Crippen molar-refractivity contribution in [2.75, 3.05) is 27.4 Å². The number of amides is 1. The molecule has 0 N–H and O–H groups in total. The lowest BCUT2D eigenvalue weighted by Crippen LogP contribution is -2.43. The van der Waals surface area contributed by atoms with Gasteiger partial charge in [0.15, 0.2) is 0 Å². The van der Waals surface area contributed by atoms with E-state index in [4.69, 9.17) is 14.3 Å². The number of carbonyl (C=O) groups excluding carboxylic acids is 1. The first kappa shape index (κ1) is 10.8. The lowest BCUT2D eigenvalue weighted by atomic mass is 10.2. The number of hydrogen-bond acceptors (Lipinski definition) is 4. The van der Waals surface area contributed by atoms with E-state index in [0.717, 1.165) is 0 Å². The van der Waals surface area contributed by atoms with Gasteiger partial charge in [-0.1, -0.05) is 0 Å². The maximum atomic E-state index is 11.9. The van der Waals surface area contributed by atoms with Gasteiger partial charge in [-0.15, -0.1) is 0 Å². The maximum Gasteiger partial charge on any atom is 0.277 e. The van der Waals surface area contributed by atoms with Gasteiger partial charge in [0, 0.05) is 11.6 Å². The predicted molar refractivity (Wildman–Crippen MR) is 56.5 cm³/mol. The highest BCUT2D eigenvalue weighted by molar-refractivity contribution is 5.94. The Hall–Kier alpha value is -1.75. The monoisotopic (exact) mass is 223 g/mol. The molecule has 0 aromatic heterocycles. The van der Waals surface area contributed by atoms with Crippen LogP contribution in [0.15, 0.2) is 18.2 Å². The minimum absolute atomic E-state index is 0.177. The summed E-state index contributed by atoms with van der Waals surface area (Å²) in [5, 5.41) is 1.31. The van der Waals surface area contributed by atoms with E-state index in [9.17, 15) is 4.79 Å². The molecule has 1 aromatic rings. The molecule has 1 amide bonds. The smallest absolute Gasteiger partial charge is 0.277 e. The molecule has 1 heterocycles. The van der Waals surface area contributed by atoms with Crippen molar-refractivity contribution in [2.24, 2.45) is 0 Å². The summed E-state index contributed by atoms with van der Waals surface area (Å²) in [5.74, 6) is 0.995. The number of hydrogen-bond donors (Lipinski definition) is 0. The molecule has 2 rings (SSSR count). The van der Waals surface area contributed by atoms with Gasteiger partial charge < -0.3 is 9.47 Å². The first-order chi connectivity index (χ1) is 7.74. The van der Waals surface area contributed by atoms with Crippen LogP contribution >= 0.6 is 0 Å². The van der Waals surface area contributed by atoms with Gasteiger partial charge in [0.2, 0.25) is 0 Å². The van der Waals surface area contributed by atoms with Crippen molar-refractivity contribution in [3.05, 3.63) is 23.8 Å². The Morgan fingerprint density at radius 3 is 2.19 bits per heavy atom. The Morgan fingerprint density at radius 2 is 1.81 bits per heavy atom. The van der Waals surface area contributed by atoms with Gasteiger partial charge in [-0.2, -0.15) is 0 Å². The second-order valence-corrected chi connectivity index (χ2v) is 3.34. The molecular formula is C11H13NO4. The second kappa shape index (κ2) is 4.40. The van der Waals surface area contributed by atoms with Crippen molar-refractivity contribution >= 4 is 5.91 Å². The summed E-state index contributed by atoms with van der Waals surface area (Å²) in [6.07, 6.45) is 0. The van der Waals surface area contributed by atoms with Crippen molar-refractivity contribution < 1.29 is 19.1 Å². The summed E-state index contributed by atoms with van der Waals surface area (Å²) in [7, 11) is 3.09. The molecule has 0 spiro atoms. The first-order valence-corrected chi connectivity index (χ1v) is 4.92. The van der Waals surface area contributed by atoms with Gasteiger partial charge in [0.1, 0.15) is 11.5 Å². The maximum absolute atomic E-state index is 11.9. The standard InChI is InChI=1S/C11H13NO4/c1-14-9-5-8(6-10(7-9)15-2)11(13)12-3-4-16-12/h5-7H,3-4H2,1-2H3. The number of nitrogens with zero attached hydrogens (tertiary/aromatic N) is 1. The molecule has 16 heavy (non-hydrogen) atoms. The van der Waals surface area contributed by atoms with Gasteiger partial charge >= 0.3 is 0 Å². The number of methoxy groups -OCH3 is 2. The van der Waals surface area contributed by atoms with E-state index in [1.165, 1.54) is 5.06 Å². The zero-order valence-electron chi connectivity index (χ0n) is 9.23. The summed E-state index contributed by atoms with van der Waals surface area (Å²) < 4.78 is 10.2. The summed E-state index contributed by atoms with van der Waals surface area (Å²) in [6, 6.07) is 5.03. The van der Waals surface area contributed by atoms with Gasteiger partial charge in [0.05, 0.1) is 27.4 Å². The summed E-state index contributed by atoms with van der Waals surface area (Å²) in [6.45, 7) is 1.21. The fourth-order valence-corrected chi connectivity index (χ4v) is 1.42. The van der Waals surface area contributed by atoms with E-state index in [0.29, 0.717) is 30.2 Å². The van der Waals surface area contributed by atoms with E-state index in [-0.39, 0.29) is 5.91 Å². The van der Waals surface area contributed by atoms with Crippen LogP contribution in [-0.4, -0.2) is 38.3 Å². The van der Waals surface area contributed by atoms with Crippen LogP contribution in [0, 0.1) is 0 Å². The lowest BCUT2D eigenvalue weighted by Gasteiger charge is -2.29. The SMILES string of the molecule is COc1cc(OC)cc(C(=O)N2CCO2)c1. The third-order valence-electron chi connectivity index (χ3n) is 2.37. The van der Waals surface area contributed by atoms with Crippen molar-refractivity contribution in [1.82, 2.24) is 5.06 Å². The van der Waals surface area contributed by atoms with Crippen LogP contribution in [0.25, 0.3) is 0 Å². The molecule has 5 heteroatoms. The highest BCUT2D eigenvalue weighted by atomic mass is 16.7. The predicted octanol–water partition coefficient (Wildman–Crippen LogP) is 1.09. The fourth-order valence-electron chi connectivity index (χ4n) is 1.42. The summed E-state index contributed by atoms with van der Waals surface area (Å²) in [4.78, 5) is 16.8. The number of carbonyl (C=O) groups is 1. The van der Waals surface area contributed by atoms with E-state index < -0.39 is 0 Å². The minimum atomic E-state index is -0.177. The third-order valence-corrected chi connectivity index (χ3v) is 2.37. The Morgan fingerprint density at radius 1 is 1.25 bits per heavy atom. The molecule has 0 radical (unpaired) electrons. The van der Waals surface area contributed by atoms with Crippen molar-refractivity contribution in [3.8, 4) is 11.5 Å². The quantitative estimate of drug-likeness (QED) is 0.769. The summed E-state index contributed by atoms with van der Waals surface area (Å²) in [5.41, 5.74) is 0.496. The van der Waals surface area contributed by atoms with Crippen LogP contribution < -0.4 is 9.47 Å². The molecule has 0 saturated carbocycles. The molecule has 0 atom stereocenters. The number of hydroxylamine groups is 2. The average molecular weight is 223 g/mol. The van der Waals surface area contributed by atoms with Crippen molar-refractivity contribution in [1.29, 1.82) is 0 Å². The molecule has 86 valence electrons. The second-order valence-electron chi connectivity index (χ2n) is 3.34. The zero-order chi connectivity index (χ0) is 11.5. The van der Waals surface area contributed by atoms with Gasteiger partial charge in [0.25, 0.3) is 5.91 Å². The highest BCUT2D eigenvalue weighted by Crippen LogP contribution is 2.24. The van der Waals surface area contributed by atoms with Crippen LogP contribution in [0.4, 0.5) is 0 Å². The first-order valence-electron chi connectivity index (χ1n) is 4.92. The van der Waals surface area contributed by atoms with Gasteiger partial charge in [-0.05, 0) is 12.1 Å². The third kappa shape index (κ3) is 1.94. The van der Waals surface area contributed by atoms with Crippen LogP contribution in [-0.2, 0) is 4.84 Å². The summed E-state index contributed by atoms with van der Waals surface area (Å²) >= 11 is 0. The molecule has 0 aliphatic carbocycles. The number of rotatable bonds is 3. The molecule has 0 bridgehead atoms. The molecular weight excluding hydrogens is 210 g/mol. The molecule has 1 saturated heterocycles. The molecule has 1 aliphatic rings. The molecule has 1 fully saturated rings. The zero-order valence-corrected chi connectivity index (χ0v) is 9.23. The van der Waals surface area contributed by atoms with E-state index >= 15 is 0 Å². The van der Waals surface area contributed by atoms with Crippen LogP contribution in [0.1, 0.15) is 10.4 Å². The molecule has 1 aromatic carbocycles. The Kier molecular flexibility index (Phi) is 2.96. The average Bonchev–Trinajstić information content (AvgIpc) is 2.26. The largest absolute Gasteiger partial charge is 0.497 e. The van der Waals surface area contributed by atoms with E-state index in [1.807, 2.05) is 0 Å². The van der Waals surface area contributed by atoms with Crippen LogP contribution in [0.3, 0.4) is 0 Å². The number of benzene rings is 1. The topological polar surface area (TPSA) is 48.0 Å². The van der Waals surface area contributed by atoms with Crippen molar-refractivity contribution in [2.45, 2.75) is 0 Å². The normalized spacial score (nSPS) is 14.2. The van der Waals surface area contributed by atoms with E-state index in [2.05, 4.69) is 0 Å². The van der Waals surface area contributed by atoms with Gasteiger partial charge in [-0.3, -0.25) is 9.63 Å². The van der Waals surface area contributed by atoms with Crippen molar-refractivity contribution in [3.63, 3.8) is 0 Å². The van der Waals surface area contributed by atoms with Crippen LogP contribution in [0.2, 0.25) is 0 Å². The minimum Gasteiger partial charge on any atom is -0.497 e. The fraction of sp³-hybridized carbons (Fsp3) is 0.364. The lowest BCUT2D eigenvalue weighted by molar-refractivity contribution is -0.207. The van der Waals surface area contributed by atoms with E-state index in [1.54, 1.807) is 32.4 Å². The Bertz CT molecular complexity index is 379. The van der Waals surface area contributed by atoms with Crippen LogP contribution in [0.5, 0.6) is 11.5 Å².